The van der Waals surface area contributed by atoms with Gasteiger partial charge in [-0.05, 0) is 48.4 Å². The highest BCUT2D eigenvalue weighted by Gasteiger charge is 2.33. The van der Waals surface area contributed by atoms with E-state index in [1.807, 2.05) is 0 Å². The third kappa shape index (κ3) is 6.04. The average Bonchev–Trinajstić information content (AvgIpc) is 3.28. The van der Waals surface area contributed by atoms with Crippen LogP contribution < -0.4 is 5.32 Å². The molecule has 0 saturated carbocycles. The lowest BCUT2D eigenvalue weighted by molar-refractivity contribution is -0.141. The van der Waals surface area contributed by atoms with Crippen molar-refractivity contribution in [2.24, 2.45) is 0 Å². The van der Waals surface area contributed by atoms with Gasteiger partial charge in [-0.25, -0.2) is 9.37 Å². The summed E-state index contributed by atoms with van der Waals surface area (Å²) in [5.41, 5.74) is -0.674. The van der Waals surface area contributed by atoms with E-state index in [-0.39, 0.29) is 54.1 Å². The number of carbonyl (C=O) groups is 1. The Balaban J connectivity index is 1.65. The minimum atomic E-state index is -4.63. The molecule has 1 aliphatic heterocycles. The molecule has 190 valence electrons. The van der Waals surface area contributed by atoms with E-state index >= 15 is 0 Å². The summed E-state index contributed by atoms with van der Waals surface area (Å²) in [7, 11) is 0. The van der Waals surface area contributed by atoms with Crippen molar-refractivity contribution in [2.75, 3.05) is 6.54 Å². The number of aromatic nitrogens is 3. The molecule has 4 rings (SSSR count). The van der Waals surface area contributed by atoms with Crippen LogP contribution in [-0.2, 0) is 23.6 Å². The van der Waals surface area contributed by atoms with Gasteiger partial charge in [0.15, 0.2) is 0 Å². The number of hydrogen-bond donors (Lipinski definition) is 1. The number of carbonyl (C=O) groups excluding carboxylic acids is 1. The highest BCUT2D eigenvalue weighted by Crippen LogP contribution is 2.31. The molecule has 1 aliphatic rings. The van der Waals surface area contributed by atoms with Crippen LogP contribution in [0.5, 0.6) is 0 Å². The summed E-state index contributed by atoms with van der Waals surface area (Å²) < 4.78 is 90.8. The topological polar surface area (TPSA) is 67.8 Å². The van der Waals surface area contributed by atoms with Crippen LogP contribution in [0.25, 0.3) is 22.5 Å². The molecule has 0 spiro atoms. The Morgan fingerprint density at radius 1 is 0.889 bits per heavy atom. The van der Waals surface area contributed by atoms with Gasteiger partial charge in [0.25, 0.3) is 0 Å². The van der Waals surface area contributed by atoms with Crippen molar-refractivity contribution in [3.8, 4) is 22.5 Å². The van der Waals surface area contributed by atoms with E-state index in [0.29, 0.717) is 5.56 Å². The van der Waals surface area contributed by atoms with Gasteiger partial charge in [0.1, 0.15) is 23.3 Å². The molecule has 0 unspecified atom stereocenters. The maximum atomic E-state index is 13.4. The van der Waals surface area contributed by atoms with Crippen LogP contribution in [0.4, 0.5) is 30.7 Å². The van der Waals surface area contributed by atoms with Crippen LogP contribution >= 0.6 is 0 Å². The highest BCUT2D eigenvalue weighted by molar-refractivity contribution is 5.84. The molecular formula is C24H19F7N4O. The summed E-state index contributed by atoms with van der Waals surface area (Å²) in [4.78, 5) is 23.7. The summed E-state index contributed by atoms with van der Waals surface area (Å²) in [6.07, 6.45) is -8.01. The Labute approximate surface area is 200 Å². The standard InChI is InChI=1S/C24H19F7N4O/c25-16-9-19(32-12-16)20(36)4-1-13-7-17(14-2-5-21(33-10-14)23(26,27)28)35-18(8-13)15-3-6-22(34-11-15)24(29,30)31/h2-3,5-8,10-11,16,19,32H,1,4,9,12H2/t16-,19+/m1/s1. The molecule has 1 saturated heterocycles. The molecule has 3 aromatic rings. The maximum Gasteiger partial charge on any atom is 0.433 e. The van der Waals surface area contributed by atoms with Gasteiger partial charge in [0.05, 0.1) is 17.4 Å². The molecule has 1 fully saturated rings. The molecule has 0 radical (unpaired) electrons. The predicted molar refractivity (Wildman–Crippen MR) is 115 cm³/mol. The van der Waals surface area contributed by atoms with E-state index in [1.165, 1.54) is 12.1 Å². The van der Waals surface area contributed by atoms with Crippen LogP contribution in [-0.4, -0.2) is 39.5 Å². The number of ketones is 1. The molecule has 0 amide bonds. The minimum Gasteiger partial charge on any atom is -0.304 e. The minimum absolute atomic E-state index is 0.0593. The molecule has 2 atom stereocenters. The van der Waals surface area contributed by atoms with E-state index < -0.39 is 36.0 Å². The van der Waals surface area contributed by atoms with E-state index in [1.54, 1.807) is 12.1 Å². The first kappa shape index (κ1) is 25.7. The number of hydrogen-bond acceptors (Lipinski definition) is 5. The number of alkyl halides is 7. The van der Waals surface area contributed by atoms with E-state index in [2.05, 4.69) is 20.3 Å². The van der Waals surface area contributed by atoms with Crippen molar-refractivity contribution in [3.63, 3.8) is 0 Å². The third-order valence-electron chi connectivity index (χ3n) is 5.71. The summed E-state index contributed by atoms with van der Waals surface area (Å²) in [5.74, 6) is -0.192. The molecule has 0 aliphatic carbocycles. The second-order valence-corrected chi connectivity index (χ2v) is 8.37. The van der Waals surface area contributed by atoms with Crippen LogP contribution in [0.1, 0.15) is 29.8 Å². The van der Waals surface area contributed by atoms with Gasteiger partial charge >= 0.3 is 12.4 Å². The Kier molecular flexibility index (Phi) is 7.07. The molecule has 12 heteroatoms. The van der Waals surface area contributed by atoms with Crippen LogP contribution in [0.15, 0.2) is 48.8 Å². The number of nitrogens with zero attached hydrogens (tertiary/aromatic N) is 3. The molecule has 3 aromatic heterocycles. The van der Waals surface area contributed by atoms with Gasteiger partial charge in [-0.3, -0.25) is 14.8 Å². The first-order valence-electron chi connectivity index (χ1n) is 10.9. The van der Waals surface area contributed by atoms with Gasteiger partial charge in [0, 0.05) is 42.9 Å². The highest BCUT2D eigenvalue weighted by atomic mass is 19.4. The number of Topliss-reactive ketones (excluding diaryl/α,β-unsaturated/α-hetero) is 1. The first-order valence-corrected chi connectivity index (χ1v) is 10.9. The Bertz CT molecular complexity index is 1150. The lowest BCUT2D eigenvalue weighted by atomic mass is 9.99. The van der Waals surface area contributed by atoms with Crippen molar-refractivity contribution < 1.29 is 35.5 Å². The first-order chi connectivity index (χ1) is 16.9. The monoisotopic (exact) mass is 512 g/mol. The largest absolute Gasteiger partial charge is 0.433 e. The van der Waals surface area contributed by atoms with Gasteiger partial charge in [-0.15, -0.1) is 0 Å². The molecule has 1 N–H and O–H groups in total. The Morgan fingerprint density at radius 3 is 1.81 bits per heavy atom. The summed E-state index contributed by atoms with van der Waals surface area (Å²) >= 11 is 0. The lowest BCUT2D eigenvalue weighted by Gasteiger charge is -2.12. The molecule has 0 bridgehead atoms. The van der Waals surface area contributed by atoms with Crippen molar-refractivity contribution in [2.45, 2.75) is 43.8 Å². The fourth-order valence-corrected chi connectivity index (χ4v) is 3.83. The van der Waals surface area contributed by atoms with Crippen molar-refractivity contribution in [1.29, 1.82) is 0 Å². The predicted octanol–water partition coefficient (Wildman–Crippen LogP) is 5.44. The van der Waals surface area contributed by atoms with Crippen molar-refractivity contribution in [1.82, 2.24) is 20.3 Å². The van der Waals surface area contributed by atoms with E-state index in [9.17, 15) is 35.5 Å². The molecule has 5 nitrogen and oxygen atoms in total. The summed E-state index contributed by atoms with van der Waals surface area (Å²) in [6.45, 7) is 0.0990. The van der Waals surface area contributed by atoms with Crippen LogP contribution in [0.2, 0.25) is 0 Å². The SMILES string of the molecule is O=C(CCc1cc(-c2ccc(C(F)(F)F)nc2)nc(-c2ccc(C(F)(F)F)nc2)c1)[C@@H]1C[C@@H](F)CN1. The third-order valence-corrected chi connectivity index (χ3v) is 5.71. The number of nitrogens with one attached hydrogen (secondary N) is 1. The van der Waals surface area contributed by atoms with E-state index in [4.69, 9.17) is 0 Å². The molecule has 36 heavy (non-hydrogen) atoms. The zero-order valence-electron chi connectivity index (χ0n) is 18.5. The zero-order chi connectivity index (χ0) is 26.1. The van der Waals surface area contributed by atoms with Crippen LogP contribution in [0.3, 0.4) is 0 Å². The Morgan fingerprint density at radius 2 is 1.42 bits per heavy atom. The number of aryl methyl sites for hydroxylation is 1. The lowest BCUT2D eigenvalue weighted by Crippen LogP contribution is -2.30. The van der Waals surface area contributed by atoms with Crippen molar-refractivity contribution >= 4 is 5.78 Å². The second-order valence-electron chi connectivity index (χ2n) is 8.37. The van der Waals surface area contributed by atoms with Crippen molar-refractivity contribution in [3.05, 3.63) is 65.7 Å². The fraction of sp³-hybridized carbons (Fsp3) is 0.333. The number of pyridine rings is 3. The number of rotatable bonds is 6. The summed E-state index contributed by atoms with van der Waals surface area (Å²) in [5, 5.41) is 2.81. The fourth-order valence-electron chi connectivity index (χ4n) is 3.83. The number of halogens is 7. The smallest absolute Gasteiger partial charge is 0.304 e. The quantitative estimate of drug-likeness (QED) is 0.446. The average molecular weight is 512 g/mol. The zero-order valence-corrected chi connectivity index (χ0v) is 18.5. The summed E-state index contributed by atoms with van der Waals surface area (Å²) in [6, 6.07) is 6.51. The van der Waals surface area contributed by atoms with E-state index in [0.717, 1.165) is 24.5 Å². The Hall–Kier alpha value is -3.41. The van der Waals surface area contributed by atoms with Gasteiger partial charge < -0.3 is 5.32 Å². The van der Waals surface area contributed by atoms with Crippen LogP contribution in [0, 0.1) is 0 Å². The molecular weight excluding hydrogens is 493 g/mol. The van der Waals surface area contributed by atoms with Gasteiger partial charge in [-0.1, -0.05) is 0 Å². The normalized spacial score (nSPS) is 18.4. The second kappa shape index (κ2) is 9.92. The maximum absolute atomic E-state index is 13.4. The molecule has 0 aromatic carbocycles. The molecule has 4 heterocycles. The van der Waals surface area contributed by atoms with Gasteiger partial charge in [0.2, 0.25) is 0 Å². The van der Waals surface area contributed by atoms with Gasteiger partial charge in [-0.2, -0.15) is 26.3 Å².